The Bertz CT molecular complexity index is 739. The zero-order valence-corrected chi connectivity index (χ0v) is 31.8. The molecule has 0 fully saturated rings. The van der Waals surface area contributed by atoms with Crippen molar-refractivity contribution in [1.82, 2.24) is 9.80 Å². The summed E-state index contributed by atoms with van der Waals surface area (Å²) >= 11 is 0. The standard InChI is InChI=1S/C42H78N2O3/c1-5-9-11-13-15-17-19-21-23-25-27-29-31-37-43(7-3)41-45-39-33-35-40(36-34-39)46-42(47-41)44(8-4)38-32-30-28-26-24-22-20-18-16-14-12-10-6-2/h33-36,41-42H,5-32,37-38H2,1-4H3. The highest BCUT2D eigenvalue weighted by atomic mass is 16.8. The molecule has 5 nitrogen and oxygen atoms in total. The molecule has 3 rings (SSSR count). The highest BCUT2D eigenvalue weighted by Gasteiger charge is 2.30. The van der Waals surface area contributed by atoms with Crippen LogP contribution in [0.4, 0.5) is 0 Å². The van der Waals surface area contributed by atoms with Gasteiger partial charge in [-0.15, -0.1) is 0 Å². The molecule has 274 valence electrons. The van der Waals surface area contributed by atoms with Crippen molar-refractivity contribution >= 4 is 0 Å². The van der Waals surface area contributed by atoms with Crippen molar-refractivity contribution in [1.29, 1.82) is 0 Å². The molecule has 2 heterocycles. The fraction of sp³-hybridized carbons (Fsp3) is 0.857. The van der Waals surface area contributed by atoms with Crippen LogP contribution in [-0.4, -0.2) is 48.8 Å². The Hall–Kier alpha value is -1.30. The molecular formula is C42H78N2O3. The Morgan fingerprint density at radius 3 is 0.894 bits per heavy atom. The van der Waals surface area contributed by atoms with Gasteiger partial charge in [-0.2, -0.15) is 0 Å². The highest BCUT2D eigenvalue weighted by molar-refractivity contribution is 5.31. The normalized spacial score (nSPS) is 16.3. The molecule has 2 aliphatic rings. The smallest absolute Gasteiger partial charge is 0.266 e. The first-order valence-corrected chi connectivity index (χ1v) is 20.8. The van der Waals surface area contributed by atoms with Gasteiger partial charge in [0, 0.05) is 26.2 Å². The maximum absolute atomic E-state index is 6.67. The van der Waals surface area contributed by atoms with Crippen LogP contribution in [0.25, 0.3) is 0 Å². The fourth-order valence-corrected chi connectivity index (χ4v) is 6.80. The van der Waals surface area contributed by atoms with E-state index in [1.165, 1.54) is 167 Å². The van der Waals surface area contributed by atoms with Gasteiger partial charge in [-0.25, -0.2) is 9.80 Å². The zero-order valence-electron chi connectivity index (χ0n) is 31.8. The summed E-state index contributed by atoms with van der Waals surface area (Å²) in [6, 6.07) is 8.04. The average molecular weight is 659 g/mol. The van der Waals surface area contributed by atoms with Gasteiger partial charge in [-0.1, -0.05) is 182 Å². The van der Waals surface area contributed by atoms with Crippen LogP contribution in [0, 0.1) is 0 Å². The molecule has 0 saturated carbocycles. The molecule has 1 aromatic carbocycles. The van der Waals surface area contributed by atoms with Gasteiger partial charge in [-0.3, -0.25) is 4.74 Å². The summed E-state index contributed by atoms with van der Waals surface area (Å²) in [4.78, 5) is 4.68. The van der Waals surface area contributed by atoms with Gasteiger partial charge in [0.1, 0.15) is 11.5 Å². The Balaban J connectivity index is 1.68. The number of hydrogen-bond acceptors (Lipinski definition) is 5. The Morgan fingerprint density at radius 2 is 0.638 bits per heavy atom. The van der Waals surface area contributed by atoms with E-state index < -0.39 is 12.8 Å². The second-order valence-corrected chi connectivity index (χ2v) is 14.2. The topological polar surface area (TPSA) is 34.2 Å². The summed E-state index contributed by atoms with van der Waals surface area (Å²) in [6.07, 6.45) is 34.8. The number of ether oxygens (including phenoxy) is 3. The summed E-state index contributed by atoms with van der Waals surface area (Å²) in [5, 5.41) is 0. The van der Waals surface area contributed by atoms with Crippen molar-refractivity contribution in [3.8, 4) is 11.5 Å². The van der Waals surface area contributed by atoms with Crippen molar-refractivity contribution in [3.05, 3.63) is 24.3 Å². The lowest BCUT2D eigenvalue weighted by molar-refractivity contribution is -0.285. The molecule has 5 heteroatoms. The maximum atomic E-state index is 6.67. The van der Waals surface area contributed by atoms with Crippen LogP contribution >= 0.6 is 0 Å². The number of fused-ring (bicyclic) bond motifs is 6. The molecule has 2 atom stereocenters. The molecule has 0 spiro atoms. The lowest BCUT2D eigenvalue weighted by atomic mass is 10.0. The Kier molecular flexibility index (Phi) is 26.4. The van der Waals surface area contributed by atoms with E-state index in [4.69, 9.17) is 14.2 Å². The average Bonchev–Trinajstić information content (AvgIpc) is 3.23. The van der Waals surface area contributed by atoms with Crippen LogP contribution in [0.15, 0.2) is 24.3 Å². The van der Waals surface area contributed by atoms with Crippen molar-refractivity contribution in [2.24, 2.45) is 0 Å². The minimum absolute atomic E-state index is 0.454. The summed E-state index contributed by atoms with van der Waals surface area (Å²) in [6.45, 7) is 12.8. The molecule has 47 heavy (non-hydrogen) atoms. The SMILES string of the molecule is CCCCCCCCCCCCCCCN(CC)C1Oc2ccc(cc2)OC(N(CC)CCCCCCCCCCCCCCC)O1. The van der Waals surface area contributed by atoms with Gasteiger partial charge in [0.05, 0.1) is 0 Å². The van der Waals surface area contributed by atoms with Gasteiger partial charge in [0.25, 0.3) is 12.8 Å². The number of unbranched alkanes of at least 4 members (excludes halogenated alkanes) is 24. The fourth-order valence-electron chi connectivity index (χ4n) is 6.80. The lowest BCUT2D eigenvalue weighted by Gasteiger charge is -2.36. The van der Waals surface area contributed by atoms with Crippen molar-refractivity contribution in [2.45, 2.75) is 207 Å². The molecule has 1 aromatic rings. The zero-order chi connectivity index (χ0) is 33.6. The number of hydrogen-bond donors (Lipinski definition) is 0. The van der Waals surface area contributed by atoms with Gasteiger partial charge in [-0.05, 0) is 37.1 Å². The molecular weight excluding hydrogens is 580 g/mol. The predicted octanol–water partition coefficient (Wildman–Crippen LogP) is 12.9. The van der Waals surface area contributed by atoms with Crippen LogP contribution in [0.5, 0.6) is 11.5 Å². The van der Waals surface area contributed by atoms with E-state index in [-0.39, 0.29) is 0 Å². The van der Waals surface area contributed by atoms with Crippen molar-refractivity contribution < 1.29 is 14.2 Å². The summed E-state index contributed by atoms with van der Waals surface area (Å²) < 4.78 is 19.6. The lowest BCUT2D eigenvalue weighted by Crippen LogP contribution is -2.50. The second kappa shape index (κ2) is 29.6. The third kappa shape index (κ3) is 20.7. The van der Waals surface area contributed by atoms with Crippen LogP contribution < -0.4 is 9.47 Å². The number of rotatable bonds is 32. The summed E-state index contributed by atoms with van der Waals surface area (Å²) in [7, 11) is 0. The third-order valence-corrected chi connectivity index (χ3v) is 10.0. The van der Waals surface area contributed by atoms with Gasteiger partial charge < -0.3 is 9.47 Å². The summed E-state index contributed by atoms with van der Waals surface area (Å²) in [5.74, 6) is 1.68. The van der Waals surface area contributed by atoms with Crippen LogP contribution in [-0.2, 0) is 4.74 Å². The second-order valence-electron chi connectivity index (χ2n) is 14.2. The Labute approximate surface area is 292 Å². The minimum atomic E-state index is -0.454. The van der Waals surface area contributed by atoms with Crippen molar-refractivity contribution in [2.75, 3.05) is 26.2 Å². The monoisotopic (exact) mass is 659 g/mol. The van der Waals surface area contributed by atoms with Gasteiger partial charge in [0.2, 0.25) is 0 Å². The van der Waals surface area contributed by atoms with E-state index in [0.29, 0.717) is 0 Å². The summed E-state index contributed by atoms with van der Waals surface area (Å²) in [5.41, 5.74) is 0. The molecule has 2 unspecified atom stereocenters. The van der Waals surface area contributed by atoms with E-state index in [1.807, 2.05) is 24.3 Å². The molecule has 0 radical (unpaired) electrons. The predicted molar refractivity (Wildman–Crippen MR) is 202 cm³/mol. The third-order valence-electron chi connectivity index (χ3n) is 10.0. The molecule has 0 N–H and O–H groups in total. The largest absolute Gasteiger partial charge is 0.451 e. The van der Waals surface area contributed by atoms with Crippen LogP contribution in [0.1, 0.15) is 195 Å². The number of nitrogens with zero attached hydrogens (tertiary/aromatic N) is 2. The van der Waals surface area contributed by atoms with E-state index in [9.17, 15) is 0 Å². The van der Waals surface area contributed by atoms with E-state index in [0.717, 1.165) is 37.7 Å². The quantitative estimate of drug-likeness (QED) is 0.0720. The van der Waals surface area contributed by atoms with Crippen LogP contribution in [0.2, 0.25) is 0 Å². The molecule has 0 amide bonds. The Morgan fingerprint density at radius 1 is 0.383 bits per heavy atom. The molecule has 0 saturated heterocycles. The molecule has 2 bridgehead atoms. The minimum Gasteiger partial charge on any atom is -0.451 e. The molecule has 2 aliphatic heterocycles. The van der Waals surface area contributed by atoms with Gasteiger partial charge >= 0.3 is 0 Å². The first kappa shape index (κ1) is 41.9. The van der Waals surface area contributed by atoms with E-state index in [1.54, 1.807) is 0 Å². The van der Waals surface area contributed by atoms with Crippen LogP contribution in [0.3, 0.4) is 0 Å². The van der Waals surface area contributed by atoms with Gasteiger partial charge in [0.15, 0.2) is 0 Å². The highest BCUT2D eigenvalue weighted by Crippen LogP contribution is 2.26. The van der Waals surface area contributed by atoms with E-state index in [2.05, 4.69) is 37.5 Å². The number of benzene rings is 1. The van der Waals surface area contributed by atoms with Crippen molar-refractivity contribution in [3.63, 3.8) is 0 Å². The first-order valence-electron chi connectivity index (χ1n) is 20.8. The van der Waals surface area contributed by atoms with E-state index >= 15 is 0 Å². The molecule has 0 aliphatic carbocycles. The first-order chi connectivity index (χ1) is 23.2. The molecule has 0 aromatic heterocycles. The maximum Gasteiger partial charge on any atom is 0.266 e.